The van der Waals surface area contributed by atoms with E-state index in [0.717, 1.165) is 24.9 Å². The molecule has 1 aliphatic carbocycles. The van der Waals surface area contributed by atoms with Crippen molar-refractivity contribution in [2.24, 2.45) is 11.8 Å². The molecule has 5 nitrogen and oxygen atoms in total. The van der Waals surface area contributed by atoms with Gasteiger partial charge in [-0.05, 0) is 31.6 Å². The normalized spacial score (nSPS) is 26.4. The van der Waals surface area contributed by atoms with E-state index in [1.165, 1.54) is 25.5 Å². The third-order valence-electron chi connectivity index (χ3n) is 4.21. The molecule has 96 valence electrons. The maximum atomic E-state index is 10.9. The molecule has 3 rings (SSSR count). The lowest BCUT2D eigenvalue weighted by atomic mass is 10.0. The van der Waals surface area contributed by atoms with Crippen molar-refractivity contribution < 1.29 is 9.90 Å². The first kappa shape index (κ1) is 11.4. The highest BCUT2D eigenvalue weighted by molar-refractivity contribution is 5.88. The molecule has 0 spiro atoms. The van der Waals surface area contributed by atoms with Crippen molar-refractivity contribution in [3.63, 3.8) is 0 Å². The smallest absolute Gasteiger partial charge is 0.339 e. The van der Waals surface area contributed by atoms with Crippen LogP contribution >= 0.6 is 0 Å². The van der Waals surface area contributed by atoms with Crippen LogP contribution in [0, 0.1) is 18.8 Å². The van der Waals surface area contributed by atoms with Crippen molar-refractivity contribution in [1.29, 1.82) is 0 Å². The standard InChI is InChI=1S/C13H17N3O2/c1-8-11(12(17)18)5-14-13(15-8)16-6-9-3-2-4-10(9)7-16/h5,9-10H,2-4,6-7H2,1H3,(H,17,18). The number of carbonyl (C=O) groups is 1. The van der Waals surface area contributed by atoms with Crippen molar-refractivity contribution in [1.82, 2.24) is 9.97 Å². The Hall–Kier alpha value is -1.65. The summed E-state index contributed by atoms with van der Waals surface area (Å²) in [6, 6.07) is 0. The van der Waals surface area contributed by atoms with Crippen LogP contribution in [0.15, 0.2) is 6.20 Å². The highest BCUT2D eigenvalue weighted by Gasteiger charge is 2.37. The monoisotopic (exact) mass is 247 g/mol. The van der Waals surface area contributed by atoms with Crippen molar-refractivity contribution in [3.8, 4) is 0 Å². The second kappa shape index (κ2) is 4.23. The first-order valence-corrected chi connectivity index (χ1v) is 6.47. The van der Waals surface area contributed by atoms with Gasteiger partial charge >= 0.3 is 5.97 Å². The summed E-state index contributed by atoms with van der Waals surface area (Å²) in [5.74, 6) is 1.30. The molecular weight excluding hydrogens is 230 g/mol. The van der Waals surface area contributed by atoms with E-state index in [0.29, 0.717) is 11.6 Å². The number of aromatic carboxylic acids is 1. The molecule has 1 aromatic heterocycles. The Morgan fingerprint density at radius 1 is 1.39 bits per heavy atom. The largest absolute Gasteiger partial charge is 0.478 e. The lowest BCUT2D eigenvalue weighted by Gasteiger charge is -2.17. The SMILES string of the molecule is Cc1nc(N2CC3CCCC3C2)ncc1C(=O)O. The Kier molecular flexibility index (Phi) is 2.69. The number of anilines is 1. The van der Waals surface area contributed by atoms with Gasteiger partial charge in [0.25, 0.3) is 0 Å². The summed E-state index contributed by atoms with van der Waals surface area (Å²) in [7, 11) is 0. The van der Waals surface area contributed by atoms with Crippen LogP contribution in [0.25, 0.3) is 0 Å². The van der Waals surface area contributed by atoms with Gasteiger partial charge in [0, 0.05) is 19.3 Å². The van der Waals surface area contributed by atoms with Crippen molar-refractivity contribution in [2.45, 2.75) is 26.2 Å². The second-order valence-corrected chi connectivity index (χ2v) is 5.33. The molecule has 0 aromatic carbocycles. The maximum absolute atomic E-state index is 10.9. The van der Waals surface area contributed by atoms with Gasteiger partial charge in [-0.3, -0.25) is 0 Å². The van der Waals surface area contributed by atoms with Crippen LogP contribution in [-0.2, 0) is 0 Å². The minimum atomic E-state index is -0.961. The lowest BCUT2D eigenvalue weighted by molar-refractivity contribution is 0.0695. The van der Waals surface area contributed by atoms with Gasteiger partial charge in [0.2, 0.25) is 5.95 Å². The van der Waals surface area contributed by atoms with Gasteiger partial charge in [0.1, 0.15) is 0 Å². The van der Waals surface area contributed by atoms with Crippen LogP contribution in [0.1, 0.15) is 35.3 Å². The summed E-state index contributed by atoms with van der Waals surface area (Å²) in [6.45, 7) is 3.78. The number of fused-ring (bicyclic) bond motifs is 1. The van der Waals surface area contributed by atoms with Gasteiger partial charge < -0.3 is 10.0 Å². The number of carboxylic acids is 1. The summed E-state index contributed by atoms with van der Waals surface area (Å²) in [6.07, 6.45) is 5.40. The fourth-order valence-corrected chi connectivity index (χ4v) is 3.22. The Morgan fingerprint density at radius 3 is 2.61 bits per heavy atom. The molecule has 5 heteroatoms. The van der Waals surface area contributed by atoms with Crippen LogP contribution in [0.4, 0.5) is 5.95 Å². The van der Waals surface area contributed by atoms with E-state index < -0.39 is 5.97 Å². The van der Waals surface area contributed by atoms with E-state index in [4.69, 9.17) is 5.11 Å². The molecule has 1 aromatic rings. The average molecular weight is 247 g/mol. The molecule has 2 heterocycles. The molecule has 1 aliphatic heterocycles. The first-order valence-electron chi connectivity index (χ1n) is 6.47. The number of rotatable bonds is 2. The third kappa shape index (κ3) is 1.83. The molecule has 0 amide bonds. The average Bonchev–Trinajstić information content (AvgIpc) is 2.87. The minimum Gasteiger partial charge on any atom is -0.478 e. The van der Waals surface area contributed by atoms with Gasteiger partial charge in [-0.1, -0.05) is 6.42 Å². The van der Waals surface area contributed by atoms with Crippen LogP contribution < -0.4 is 4.90 Å². The van der Waals surface area contributed by atoms with Crippen molar-refractivity contribution in [3.05, 3.63) is 17.5 Å². The van der Waals surface area contributed by atoms with E-state index >= 15 is 0 Å². The van der Waals surface area contributed by atoms with Crippen LogP contribution in [0.3, 0.4) is 0 Å². The predicted octanol–water partition coefficient (Wildman–Crippen LogP) is 1.72. The molecule has 1 saturated heterocycles. The van der Waals surface area contributed by atoms with Crippen LogP contribution in [0.5, 0.6) is 0 Å². The van der Waals surface area contributed by atoms with Gasteiger partial charge in [-0.25, -0.2) is 14.8 Å². The van der Waals surface area contributed by atoms with Crippen molar-refractivity contribution >= 4 is 11.9 Å². The van der Waals surface area contributed by atoms with Crippen molar-refractivity contribution in [2.75, 3.05) is 18.0 Å². The summed E-state index contributed by atoms with van der Waals surface area (Å²) < 4.78 is 0. The quantitative estimate of drug-likeness (QED) is 0.862. The van der Waals surface area contributed by atoms with Gasteiger partial charge in [0.15, 0.2) is 0 Å². The fourth-order valence-electron chi connectivity index (χ4n) is 3.22. The first-order chi connectivity index (χ1) is 8.65. The summed E-state index contributed by atoms with van der Waals surface area (Å²) >= 11 is 0. The number of aryl methyl sites for hydroxylation is 1. The molecule has 2 unspecified atom stereocenters. The zero-order valence-electron chi connectivity index (χ0n) is 10.5. The molecule has 18 heavy (non-hydrogen) atoms. The summed E-state index contributed by atoms with van der Waals surface area (Å²) in [4.78, 5) is 21.7. The summed E-state index contributed by atoms with van der Waals surface area (Å²) in [5.41, 5.74) is 0.739. The van der Waals surface area contributed by atoms with E-state index in [2.05, 4.69) is 14.9 Å². The van der Waals surface area contributed by atoms with Gasteiger partial charge in [-0.15, -0.1) is 0 Å². The minimum absolute atomic E-state index is 0.193. The number of carboxylic acid groups (broad SMARTS) is 1. The highest BCUT2D eigenvalue weighted by Crippen LogP contribution is 2.38. The molecule has 1 N–H and O–H groups in total. The Bertz CT molecular complexity index is 477. The second-order valence-electron chi connectivity index (χ2n) is 5.33. The third-order valence-corrected chi connectivity index (χ3v) is 4.21. The van der Waals surface area contributed by atoms with Gasteiger partial charge in [-0.2, -0.15) is 0 Å². The number of aromatic nitrogens is 2. The number of hydrogen-bond acceptors (Lipinski definition) is 4. The maximum Gasteiger partial charge on any atom is 0.339 e. The van der Waals surface area contributed by atoms with Gasteiger partial charge in [0.05, 0.1) is 11.3 Å². The molecule has 0 radical (unpaired) electrons. The zero-order valence-corrected chi connectivity index (χ0v) is 10.5. The van der Waals surface area contributed by atoms with E-state index in [1.54, 1.807) is 6.92 Å². The number of hydrogen-bond donors (Lipinski definition) is 1. The lowest BCUT2D eigenvalue weighted by Crippen LogP contribution is -2.23. The van der Waals surface area contributed by atoms with E-state index in [-0.39, 0.29) is 5.56 Å². The van der Waals surface area contributed by atoms with E-state index in [1.807, 2.05) is 0 Å². The zero-order chi connectivity index (χ0) is 12.7. The Labute approximate surface area is 106 Å². The molecular formula is C13H17N3O2. The fraction of sp³-hybridized carbons (Fsp3) is 0.615. The Morgan fingerprint density at radius 2 is 2.06 bits per heavy atom. The van der Waals surface area contributed by atoms with E-state index in [9.17, 15) is 4.79 Å². The molecule has 2 fully saturated rings. The van der Waals surface area contributed by atoms with Crippen LogP contribution in [-0.4, -0.2) is 34.1 Å². The number of nitrogens with zero attached hydrogens (tertiary/aromatic N) is 3. The summed E-state index contributed by atoms with van der Waals surface area (Å²) in [5, 5.41) is 8.96. The predicted molar refractivity (Wildman–Crippen MR) is 66.8 cm³/mol. The Balaban J connectivity index is 1.81. The highest BCUT2D eigenvalue weighted by atomic mass is 16.4. The molecule has 0 bridgehead atoms. The molecule has 2 atom stereocenters. The molecule has 2 aliphatic rings. The molecule has 1 saturated carbocycles. The van der Waals surface area contributed by atoms with Crippen LogP contribution in [0.2, 0.25) is 0 Å². The topological polar surface area (TPSA) is 66.3 Å².